The van der Waals surface area contributed by atoms with E-state index < -0.39 is 4.92 Å². The molecule has 9 heteroatoms. The molecule has 0 atom stereocenters. The molecule has 5 nitrogen and oxygen atoms in total. The van der Waals surface area contributed by atoms with Crippen LogP contribution in [0.15, 0.2) is 47.4 Å². The number of hydrogen-bond donors (Lipinski definition) is 0. The van der Waals surface area contributed by atoms with E-state index in [0.29, 0.717) is 30.5 Å². The summed E-state index contributed by atoms with van der Waals surface area (Å²) in [6.45, 7) is 0. The predicted octanol–water partition coefficient (Wildman–Crippen LogP) is 5.31. The quantitative estimate of drug-likeness (QED) is 0.297. The van der Waals surface area contributed by atoms with Gasteiger partial charge in [0.25, 0.3) is 11.6 Å². The molecule has 1 amide bonds. The maximum atomic E-state index is 12.7. The first-order valence-electron chi connectivity index (χ1n) is 6.84. The lowest BCUT2D eigenvalue weighted by molar-refractivity contribution is -0.384. The van der Waals surface area contributed by atoms with Crippen LogP contribution in [0.5, 0.6) is 0 Å². The molecular formula is C16H8Cl2N2O3S2. The standard InChI is InChI=1S/C16H8Cl2N2O3S2/c17-10-2-1-3-11(8-10)19-15(21)14(25-16(19)24)7-9-6-12(20(22)23)4-5-13(9)18/h1-8H. The van der Waals surface area contributed by atoms with E-state index in [0.717, 1.165) is 11.8 Å². The molecule has 0 aliphatic carbocycles. The minimum atomic E-state index is -0.523. The SMILES string of the molecule is O=C1C(=Cc2cc([N+](=O)[O-])ccc2Cl)SC(=S)N1c1cccc(Cl)c1. The molecule has 1 aliphatic heterocycles. The number of nitro groups is 1. The first-order valence-corrected chi connectivity index (χ1v) is 8.82. The number of rotatable bonds is 3. The normalized spacial score (nSPS) is 15.9. The number of carbonyl (C=O) groups excluding carboxylic acids is 1. The van der Waals surface area contributed by atoms with E-state index in [1.165, 1.54) is 29.2 Å². The summed E-state index contributed by atoms with van der Waals surface area (Å²) in [5.41, 5.74) is 0.826. The van der Waals surface area contributed by atoms with Crippen LogP contribution in [0.4, 0.5) is 11.4 Å². The highest BCUT2D eigenvalue weighted by Crippen LogP contribution is 2.37. The van der Waals surface area contributed by atoms with Crippen molar-refractivity contribution in [2.45, 2.75) is 0 Å². The molecule has 126 valence electrons. The number of amides is 1. The molecule has 0 radical (unpaired) electrons. The van der Waals surface area contributed by atoms with Crippen molar-refractivity contribution in [1.29, 1.82) is 0 Å². The van der Waals surface area contributed by atoms with Gasteiger partial charge >= 0.3 is 0 Å². The molecular weight excluding hydrogens is 403 g/mol. The van der Waals surface area contributed by atoms with Crippen LogP contribution < -0.4 is 4.90 Å². The number of nitro benzene ring substituents is 1. The zero-order chi connectivity index (χ0) is 18.1. The summed E-state index contributed by atoms with van der Waals surface area (Å²) < 4.78 is 0.347. The fourth-order valence-electron chi connectivity index (χ4n) is 2.20. The maximum absolute atomic E-state index is 12.7. The van der Waals surface area contributed by atoms with Crippen LogP contribution in [-0.2, 0) is 4.79 Å². The Morgan fingerprint density at radius 3 is 2.64 bits per heavy atom. The molecule has 2 aromatic carbocycles. The van der Waals surface area contributed by atoms with Crippen molar-refractivity contribution >= 4 is 74.9 Å². The lowest BCUT2D eigenvalue weighted by Gasteiger charge is -2.14. The van der Waals surface area contributed by atoms with Crippen LogP contribution in [0.2, 0.25) is 10.0 Å². The number of halogens is 2. The molecule has 0 N–H and O–H groups in total. The third kappa shape index (κ3) is 3.69. The lowest BCUT2D eigenvalue weighted by Crippen LogP contribution is -2.27. The average Bonchev–Trinajstić information content (AvgIpc) is 2.83. The van der Waals surface area contributed by atoms with Gasteiger partial charge in [-0.1, -0.05) is 53.2 Å². The third-order valence-corrected chi connectivity index (χ3v) is 5.22. The van der Waals surface area contributed by atoms with Gasteiger partial charge in [0.1, 0.15) is 0 Å². The molecule has 2 aromatic rings. The van der Waals surface area contributed by atoms with Gasteiger partial charge in [-0.2, -0.15) is 0 Å². The van der Waals surface area contributed by atoms with Crippen LogP contribution in [0.1, 0.15) is 5.56 Å². The molecule has 1 aliphatic rings. The summed E-state index contributed by atoms with van der Waals surface area (Å²) in [6, 6.07) is 10.8. The van der Waals surface area contributed by atoms with Gasteiger partial charge < -0.3 is 0 Å². The van der Waals surface area contributed by atoms with Crippen molar-refractivity contribution in [2.75, 3.05) is 4.90 Å². The molecule has 0 bridgehead atoms. The molecule has 1 heterocycles. The number of carbonyl (C=O) groups is 1. The van der Waals surface area contributed by atoms with Crippen molar-refractivity contribution in [3.8, 4) is 0 Å². The molecule has 3 rings (SSSR count). The Morgan fingerprint density at radius 1 is 1.20 bits per heavy atom. The molecule has 0 aromatic heterocycles. The van der Waals surface area contributed by atoms with Gasteiger partial charge in [0.15, 0.2) is 4.32 Å². The van der Waals surface area contributed by atoms with Crippen molar-refractivity contribution < 1.29 is 9.72 Å². The van der Waals surface area contributed by atoms with E-state index in [4.69, 9.17) is 35.4 Å². The first-order chi connectivity index (χ1) is 11.9. The minimum absolute atomic E-state index is 0.110. The second kappa shape index (κ2) is 7.13. The van der Waals surface area contributed by atoms with E-state index in [1.807, 2.05) is 0 Å². The fraction of sp³-hybridized carbons (Fsp3) is 0. The van der Waals surface area contributed by atoms with Crippen molar-refractivity contribution in [1.82, 2.24) is 0 Å². The number of thiocarbonyl (C=S) groups is 1. The van der Waals surface area contributed by atoms with Gasteiger partial charge in [0, 0.05) is 27.7 Å². The lowest BCUT2D eigenvalue weighted by atomic mass is 10.2. The van der Waals surface area contributed by atoms with Crippen LogP contribution >= 0.6 is 47.2 Å². The number of thioether (sulfide) groups is 1. The van der Waals surface area contributed by atoms with E-state index >= 15 is 0 Å². The number of hydrogen-bond acceptors (Lipinski definition) is 5. The Morgan fingerprint density at radius 2 is 1.96 bits per heavy atom. The second-order valence-electron chi connectivity index (χ2n) is 4.96. The fourth-order valence-corrected chi connectivity index (χ4v) is 3.85. The van der Waals surface area contributed by atoms with Crippen LogP contribution in [-0.4, -0.2) is 15.2 Å². The summed E-state index contributed by atoms with van der Waals surface area (Å²) >= 11 is 18.4. The van der Waals surface area contributed by atoms with E-state index in [-0.39, 0.29) is 11.6 Å². The van der Waals surface area contributed by atoms with Gasteiger partial charge in [-0.05, 0) is 30.3 Å². The predicted molar refractivity (Wildman–Crippen MR) is 105 cm³/mol. The average molecular weight is 411 g/mol. The summed E-state index contributed by atoms with van der Waals surface area (Å²) in [5.74, 6) is -0.333. The van der Waals surface area contributed by atoms with E-state index in [9.17, 15) is 14.9 Å². The van der Waals surface area contributed by atoms with Crippen molar-refractivity contribution in [2.24, 2.45) is 0 Å². The highest BCUT2D eigenvalue weighted by Gasteiger charge is 2.33. The van der Waals surface area contributed by atoms with Gasteiger partial charge in [-0.15, -0.1) is 0 Å². The summed E-state index contributed by atoms with van der Waals surface area (Å²) in [5, 5.41) is 11.7. The maximum Gasteiger partial charge on any atom is 0.270 e. The van der Waals surface area contributed by atoms with Crippen molar-refractivity contribution in [3.05, 3.63) is 73.1 Å². The Kier molecular flexibility index (Phi) is 5.10. The Labute approximate surface area is 162 Å². The van der Waals surface area contributed by atoms with E-state index in [2.05, 4.69) is 0 Å². The largest absolute Gasteiger partial charge is 0.270 e. The van der Waals surface area contributed by atoms with Gasteiger partial charge in [-0.3, -0.25) is 19.8 Å². The number of benzene rings is 2. The monoisotopic (exact) mass is 410 g/mol. The van der Waals surface area contributed by atoms with Gasteiger partial charge in [0.2, 0.25) is 0 Å². The number of anilines is 1. The Balaban J connectivity index is 1.99. The molecule has 0 unspecified atom stereocenters. The summed E-state index contributed by atoms with van der Waals surface area (Å²) in [6.07, 6.45) is 1.50. The zero-order valence-corrected chi connectivity index (χ0v) is 15.5. The zero-order valence-electron chi connectivity index (χ0n) is 12.3. The summed E-state index contributed by atoms with van der Waals surface area (Å²) in [4.78, 5) is 24.8. The summed E-state index contributed by atoms with van der Waals surface area (Å²) in [7, 11) is 0. The molecule has 1 fully saturated rings. The van der Waals surface area contributed by atoms with Crippen LogP contribution in [0, 0.1) is 10.1 Å². The molecule has 0 spiro atoms. The molecule has 25 heavy (non-hydrogen) atoms. The van der Waals surface area contributed by atoms with E-state index in [1.54, 1.807) is 24.3 Å². The second-order valence-corrected chi connectivity index (χ2v) is 7.48. The molecule has 1 saturated heterocycles. The van der Waals surface area contributed by atoms with Crippen LogP contribution in [0.25, 0.3) is 6.08 Å². The Bertz CT molecular complexity index is 947. The third-order valence-electron chi connectivity index (χ3n) is 3.34. The van der Waals surface area contributed by atoms with Gasteiger partial charge in [0.05, 0.1) is 15.5 Å². The minimum Gasteiger partial charge on any atom is -0.268 e. The number of non-ortho nitro benzene ring substituents is 1. The van der Waals surface area contributed by atoms with Crippen LogP contribution in [0.3, 0.4) is 0 Å². The van der Waals surface area contributed by atoms with Gasteiger partial charge in [-0.25, -0.2) is 0 Å². The van der Waals surface area contributed by atoms with Crippen molar-refractivity contribution in [3.63, 3.8) is 0 Å². The topological polar surface area (TPSA) is 63.4 Å². The molecule has 0 saturated carbocycles. The first kappa shape index (κ1) is 17.9. The Hall–Kier alpha value is -1.93. The highest BCUT2D eigenvalue weighted by atomic mass is 35.5. The number of nitrogens with zero attached hydrogens (tertiary/aromatic N) is 2. The smallest absolute Gasteiger partial charge is 0.268 e. The highest BCUT2D eigenvalue weighted by molar-refractivity contribution is 8.27.